The number of hydrogen-bond donors (Lipinski definition) is 2. The Kier molecular flexibility index (Phi) is 6.58. The molecule has 174 valence electrons. The molecule has 10 nitrogen and oxygen atoms in total. The van der Waals surface area contributed by atoms with Crippen molar-refractivity contribution in [2.75, 3.05) is 12.3 Å². The molecule has 3 atom stereocenters. The minimum atomic E-state index is -3.73. The lowest BCUT2D eigenvalue weighted by Gasteiger charge is -2.25. The molecule has 3 N–H and O–H groups in total. The van der Waals surface area contributed by atoms with Crippen molar-refractivity contribution in [1.82, 2.24) is 14.5 Å². The molecule has 0 spiro atoms. The lowest BCUT2D eigenvalue weighted by Crippen LogP contribution is -2.19. The summed E-state index contributed by atoms with van der Waals surface area (Å²) < 4.78 is 36.8. The van der Waals surface area contributed by atoms with Crippen molar-refractivity contribution in [2.24, 2.45) is 0 Å². The molecular weight excluding hydrogens is 447 g/mol. The highest BCUT2D eigenvalue weighted by molar-refractivity contribution is 7.49. The molecule has 1 aromatic carbocycles. The maximum absolute atomic E-state index is 12.8. The van der Waals surface area contributed by atoms with E-state index in [1.165, 1.54) is 0 Å². The Labute approximate surface area is 190 Å². The van der Waals surface area contributed by atoms with Crippen molar-refractivity contribution >= 4 is 24.8 Å². The Bertz CT molecular complexity index is 1310. The maximum Gasteiger partial charge on any atom is 0.530 e. The molecule has 0 radical (unpaired) electrons. The average molecular weight is 472 g/mol. The van der Waals surface area contributed by atoms with Crippen LogP contribution in [0.1, 0.15) is 44.0 Å². The van der Waals surface area contributed by atoms with Gasteiger partial charge < -0.3 is 19.6 Å². The zero-order valence-electron chi connectivity index (χ0n) is 18.3. The van der Waals surface area contributed by atoms with Gasteiger partial charge in [-0.25, -0.2) is 4.57 Å². The Hall–Kier alpha value is -3.09. The quantitative estimate of drug-likeness (QED) is 0.434. The van der Waals surface area contributed by atoms with Crippen molar-refractivity contribution in [2.45, 2.75) is 45.6 Å². The molecule has 4 heterocycles. The highest BCUT2D eigenvalue weighted by Crippen LogP contribution is 2.54. The first-order chi connectivity index (χ1) is 16.0. The van der Waals surface area contributed by atoms with Gasteiger partial charge in [0.1, 0.15) is 12.0 Å². The summed E-state index contributed by atoms with van der Waals surface area (Å²) in [5, 5.41) is 0.284. The number of nitrogens with one attached hydrogen (secondary N) is 1. The van der Waals surface area contributed by atoms with Crippen LogP contribution in [0.25, 0.3) is 11.0 Å². The molecule has 0 bridgehead atoms. The third-order valence-corrected chi connectivity index (χ3v) is 6.56. The summed E-state index contributed by atoms with van der Waals surface area (Å²) in [7, 11) is -3.73. The highest BCUT2D eigenvalue weighted by atomic mass is 31.2. The van der Waals surface area contributed by atoms with E-state index < -0.39 is 19.6 Å². The van der Waals surface area contributed by atoms with Crippen molar-refractivity contribution in [3.63, 3.8) is 0 Å². The number of aromatic nitrogens is 3. The Balaban J connectivity index is 0.00000126. The van der Waals surface area contributed by atoms with Gasteiger partial charge in [-0.2, -0.15) is 4.98 Å². The largest absolute Gasteiger partial charge is 0.530 e. The van der Waals surface area contributed by atoms with Crippen molar-refractivity contribution in [3.05, 3.63) is 51.9 Å². The number of nitrogens with two attached hydrogens (primary N) is 1. The van der Waals surface area contributed by atoms with E-state index in [-0.39, 0.29) is 30.7 Å². The van der Waals surface area contributed by atoms with Gasteiger partial charge in [0.15, 0.2) is 5.65 Å². The van der Waals surface area contributed by atoms with Crippen molar-refractivity contribution in [3.8, 4) is 18.1 Å². The lowest BCUT2D eigenvalue weighted by atomic mass is 10.2. The van der Waals surface area contributed by atoms with Crippen LogP contribution < -0.4 is 15.8 Å². The first-order valence-corrected chi connectivity index (χ1v) is 12.1. The van der Waals surface area contributed by atoms with Crippen LogP contribution in [-0.4, -0.2) is 27.2 Å². The van der Waals surface area contributed by atoms with Gasteiger partial charge in [0.05, 0.1) is 30.3 Å². The van der Waals surface area contributed by atoms with Crippen molar-refractivity contribution < 1.29 is 22.9 Å². The Morgan fingerprint density at radius 1 is 1.36 bits per heavy atom. The topological polar surface area (TPSA) is 131 Å². The molecule has 0 amide bonds. The molecule has 1 saturated heterocycles. The number of para-hydroxylation sites is 1. The van der Waals surface area contributed by atoms with E-state index >= 15 is 0 Å². The summed E-state index contributed by atoms with van der Waals surface area (Å²) in [5.41, 5.74) is 6.85. The standard InChI is InChI=1S/C20H19N4O6P.C2H6/c1-2-12-9-24(18-17(12)19(25)23-20(21)22-18)16-8-7-14(29-16)11-28-31(26)27-10-13-5-3-4-6-15(13)30-31;1-2/h1,3-6,9,14,16H,7-8,10-11H2,(H3,21,22,23,25);1-2H3. The van der Waals surface area contributed by atoms with E-state index in [0.717, 1.165) is 5.56 Å². The van der Waals surface area contributed by atoms with Crippen LogP contribution in [0.5, 0.6) is 5.75 Å². The number of fused-ring (bicyclic) bond motifs is 2. The third-order valence-electron chi connectivity index (χ3n) is 5.23. The fourth-order valence-electron chi connectivity index (χ4n) is 3.76. The molecule has 33 heavy (non-hydrogen) atoms. The number of ether oxygens (including phenoxy) is 1. The van der Waals surface area contributed by atoms with Crippen molar-refractivity contribution in [1.29, 1.82) is 0 Å². The molecule has 1 fully saturated rings. The molecule has 2 aliphatic heterocycles. The normalized spacial score (nSPS) is 23.8. The van der Waals surface area contributed by atoms with E-state index in [4.69, 9.17) is 30.5 Å². The lowest BCUT2D eigenvalue weighted by molar-refractivity contribution is -0.0225. The zero-order valence-corrected chi connectivity index (χ0v) is 19.2. The van der Waals surface area contributed by atoms with Crippen LogP contribution >= 0.6 is 7.82 Å². The van der Waals surface area contributed by atoms with Gasteiger partial charge in [0.2, 0.25) is 5.95 Å². The number of benzene rings is 1. The fraction of sp³-hybridized carbons (Fsp3) is 0.364. The summed E-state index contributed by atoms with van der Waals surface area (Å²) in [5.74, 6) is 2.97. The predicted molar refractivity (Wildman–Crippen MR) is 123 cm³/mol. The van der Waals surface area contributed by atoms with Crippen LogP contribution in [-0.2, 0) is 25.0 Å². The van der Waals surface area contributed by atoms with Crippen LogP contribution in [0.15, 0.2) is 35.3 Å². The van der Waals surface area contributed by atoms with E-state index in [0.29, 0.717) is 29.8 Å². The van der Waals surface area contributed by atoms with Gasteiger partial charge in [0, 0.05) is 11.8 Å². The number of nitrogens with zero attached hydrogens (tertiary/aromatic N) is 2. The SMILES string of the molecule is C#Cc1cn(C2CCC(COP3(=O)OCc4ccccc4O3)O2)c2nc(N)[nH]c(=O)c12.CC. The zero-order chi connectivity index (χ0) is 23.6. The van der Waals surface area contributed by atoms with E-state index in [9.17, 15) is 9.36 Å². The number of rotatable bonds is 4. The second-order valence-electron chi connectivity index (χ2n) is 7.25. The van der Waals surface area contributed by atoms with Crippen LogP contribution in [0.3, 0.4) is 0 Å². The average Bonchev–Trinajstić information content (AvgIpc) is 3.43. The predicted octanol–water partition coefficient (Wildman–Crippen LogP) is 3.73. The van der Waals surface area contributed by atoms with Crippen LogP contribution in [0.4, 0.5) is 5.95 Å². The number of nitrogen functional groups attached to an aromatic ring is 1. The highest BCUT2D eigenvalue weighted by Gasteiger charge is 2.37. The van der Waals surface area contributed by atoms with Gasteiger partial charge in [-0.3, -0.25) is 18.8 Å². The number of phosphoric ester groups is 1. The molecule has 3 unspecified atom stereocenters. The molecule has 2 aromatic heterocycles. The Morgan fingerprint density at radius 3 is 2.94 bits per heavy atom. The van der Waals surface area contributed by atoms with Gasteiger partial charge in [-0.15, -0.1) is 6.42 Å². The number of anilines is 1. The summed E-state index contributed by atoms with van der Waals surface area (Å²) in [6, 6.07) is 7.19. The fourth-order valence-corrected chi connectivity index (χ4v) is 5.01. The molecule has 0 saturated carbocycles. The summed E-state index contributed by atoms with van der Waals surface area (Å²) >= 11 is 0. The number of hydrogen-bond acceptors (Lipinski definition) is 8. The second kappa shape index (κ2) is 9.41. The van der Waals surface area contributed by atoms with Gasteiger partial charge in [-0.1, -0.05) is 38.0 Å². The van der Waals surface area contributed by atoms with E-state index in [1.807, 2.05) is 26.0 Å². The minimum Gasteiger partial charge on any atom is -0.404 e. The first kappa shape index (κ1) is 23.1. The number of phosphoric acid groups is 1. The number of H-pyrrole nitrogens is 1. The molecule has 2 aliphatic rings. The molecular formula is C22H25N4O6P. The van der Waals surface area contributed by atoms with E-state index in [2.05, 4.69) is 15.9 Å². The van der Waals surface area contributed by atoms with Crippen LogP contribution in [0, 0.1) is 12.3 Å². The molecule has 3 aromatic rings. The summed E-state index contributed by atoms with van der Waals surface area (Å²) in [4.78, 5) is 18.9. The smallest absolute Gasteiger partial charge is 0.404 e. The third kappa shape index (κ3) is 4.54. The summed E-state index contributed by atoms with van der Waals surface area (Å²) in [6.45, 7) is 4.17. The molecule has 11 heteroatoms. The van der Waals surface area contributed by atoms with Crippen LogP contribution in [0.2, 0.25) is 0 Å². The monoisotopic (exact) mass is 472 g/mol. The maximum atomic E-state index is 12.8. The van der Waals surface area contributed by atoms with Gasteiger partial charge >= 0.3 is 7.82 Å². The number of terminal acetylenes is 1. The van der Waals surface area contributed by atoms with Gasteiger partial charge in [0.25, 0.3) is 5.56 Å². The molecule has 0 aliphatic carbocycles. The first-order valence-electron chi connectivity index (χ1n) is 10.6. The van der Waals surface area contributed by atoms with Gasteiger partial charge in [-0.05, 0) is 18.9 Å². The Morgan fingerprint density at radius 2 is 2.15 bits per heavy atom. The molecule has 5 rings (SSSR count). The van der Waals surface area contributed by atoms with E-state index in [1.54, 1.807) is 22.9 Å². The summed E-state index contributed by atoms with van der Waals surface area (Å²) in [6.07, 6.45) is 7.65. The second-order valence-corrected chi connectivity index (χ2v) is 8.84. The number of aromatic amines is 1. The minimum absolute atomic E-state index is 0.0109.